The molecule has 0 atom stereocenters. The minimum atomic E-state index is 0.0927. The van der Waals surface area contributed by atoms with Gasteiger partial charge in [-0.15, -0.1) is 0 Å². The van der Waals surface area contributed by atoms with Crippen LogP contribution >= 0.6 is 0 Å². The molecule has 0 saturated carbocycles. The zero-order chi connectivity index (χ0) is 23.1. The minimum Gasteiger partial charge on any atom is -0.339 e. The van der Waals surface area contributed by atoms with Crippen LogP contribution in [-0.2, 0) is 7.05 Å². The number of likely N-dealkylation sites (tertiary alicyclic amines) is 1. The van der Waals surface area contributed by atoms with E-state index < -0.39 is 0 Å². The van der Waals surface area contributed by atoms with Crippen molar-refractivity contribution in [3.05, 3.63) is 65.2 Å². The maximum absolute atomic E-state index is 12.9. The van der Waals surface area contributed by atoms with Crippen LogP contribution in [0.15, 0.2) is 47.0 Å². The van der Waals surface area contributed by atoms with Crippen molar-refractivity contribution in [3.8, 4) is 11.4 Å². The maximum Gasteiger partial charge on any atom is 0.253 e. The predicted molar refractivity (Wildman–Crippen MR) is 127 cm³/mol. The van der Waals surface area contributed by atoms with E-state index >= 15 is 0 Å². The van der Waals surface area contributed by atoms with Gasteiger partial charge >= 0.3 is 0 Å². The van der Waals surface area contributed by atoms with Gasteiger partial charge in [0, 0.05) is 48.3 Å². The summed E-state index contributed by atoms with van der Waals surface area (Å²) in [5, 5.41) is 9.83. The third-order valence-electron chi connectivity index (χ3n) is 6.79. The van der Waals surface area contributed by atoms with Gasteiger partial charge in [0.05, 0.1) is 5.52 Å². The Kier molecular flexibility index (Phi) is 5.48. The molecule has 5 rings (SSSR count). The molecule has 7 heteroatoms. The molecule has 0 aliphatic carbocycles. The third-order valence-corrected chi connectivity index (χ3v) is 6.79. The molecule has 7 nitrogen and oxygen atoms in total. The van der Waals surface area contributed by atoms with Gasteiger partial charge < -0.3 is 9.42 Å². The SMILES string of the molecule is Cc1c2cc(-c3noc(C4CCN(C(=O)c5ccc(C(C)C)cc5)CC4)n3)ccc2nn1C. The number of nitrogens with zero attached hydrogens (tertiary/aromatic N) is 5. The summed E-state index contributed by atoms with van der Waals surface area (Å²) < 4.78 is 7.52. The van der Waals surface area contributed by atoms with Crippen molar-refractivity contribution >= 4 is 16.8 Å². The van der Waals surface area contributed by atoms with Crippen LogP contribution < -0.4 is 0 Å². The molecular formula is C26H29N5O2. The number of benzene rings is 2. The largest absolute Gasteiger partial charge is 0.339 e. The standard InChI is InChI=1S/C26H29N5O2/c1-16(2)18-5-7-20(8-6-18)26(32)31-13-11-19(12-14-31)25-27-24(29-33-25)21-9-10-23-22(15-21)17(3)30(4)28-23/h5-10,15-16,19H,11-14H2,1-4H3. The molecular weight excluding hydrogens is 414 g/mol. The maximum atomic E-state index is 12.9. The Balaban J connectivity index is 1.25. The number of aromatic nitrogens is 4. The Morgan fingerprint density at radius 2 is 1.82 bits per heavy atom. The predicted octanol–water partition coefficient (Wildman–Crippen LogP) is 5.07. The summed E-state index contributed by atoms with van der Waals surface area (Å²) in [6, 6.07) is 14.0. The number of hydrogen-bond acceptors (Lipinski definition) is 5. The van der Waals surface area contributed by atoms with Crippen molar-refractivity contribution in [1.29, 1.82) is 0 Å². The van der Waals surface area contributed by atoms with Crippen LogP contribution in [0.4, 0.5) is 0 Å². The van der Waals surface area contributed by atoms with E-state index in [0.29, 0.717) is 30.7 Å². The summed E-state index contributed by atoms with van der Waals surface area (Å²) in [6.07, 6.45) is 1.64. The van der Waals surface area contributed by atoms with Crippen LogP contribution in [0.3, 0.4) is 0 Å². The molecule has 4 aromatic rings. The lowest BCUT2D eigenvalue weighted by Gasteiger charge is -2.30. The molecule has 1 saturated heterocycles. The van der Waals surface area contributed by atoms with E-state index in [2.05, 4.69) is 49.2 Å². The molecule has 0 spiro atoms. The van der Waals surface area contributed by atoms with E-state index in [1.807, 2.05) is 40.9 Å². The first-order valence-corrected chi connectivity index (χ1v) is 11.6. The first kappa shape index (κ1) is 21.4. The number of fused-ring (bicyclic) bond motifs is 1. The monoisotopic (exact) mass is 443 g/mol. The Morgan fingerprint density at radius 1 is 1.09 bits per heavy atom. The highest BCUT2D eigenvalue weighted by molar-refractivity contribution is 5.94. The number of piperidine rings is 1. The summed E-state index contributed by atoms with van der Waals surface area (Å²) in [7, 11) is 1.94. The zero-order valence-corrected chi connectivity index (χ0v) is 19.6. The minimum absolute atomic E-state index is 0.0927. The normalized spacial score (nSPS) is 15.0. The van der Waals surface area contributed by atoms with Gasteiger partial charge in [-0.1, -0.05) is 31.1 Å². The molecule has 2 aromatic carbocycles. The molecule has 1 amide bonds. The summed E-state index contributed by atoms with van der Waals surface area (Å²) in [6.45, 7) is 7.74. The fourth-order valence-corrected chi connectivity index (χ4v) is 4.50. The number of carbonyl (C=O) groups is 1. The molecule has 2 aromatic heterocycles. The zero-order valence-electron chi connectivity index (χ0n) is 19.6. The molecule has 1 aliphatic heterocycles. The molecule has 1 fully saturated rings. The molecule has 3 heterocycles. The van der Waals surface area contributed by atoms with E-state index in [4.69, 9.17) is 9.51 Å². The fraction of sp³-hybridized carbons (Fsp3) is 0.385. The first-order valence-electron chi connectivity index (χ1n) is 11.6. The van der Waals surface area contributed by atoms with Crippen molar-refractivity contribution in [2.75, 3.05) is 13.1 Å². The van der Waals surface area contributed by atoms with Crippen LogP contribution in [0.25, 0.3) is 22.3 Å². The highest BCUT2D eigenvalue weighted by Gasteiger charge is 2.28. The number of amides is 1. The van der Waals surface area contributed by atoms with Gasteiger partial charge in [0.15, 0.2) is 0 Å². The van der Waals surface area contributed by atoms with Gasteiger partial charge in [0.1, 0.15) is 0 Å². The van der Waals surface area contributed by atoms with Crippen molar-refractivity contribution in [2.45, 2.75) is 45.4 Å². The van der Waals surface area contributed by atoms with E-state index in [1.54, 1.807) is 0 Å². The van der Waals surface area contributed by atoms with Crippen LogP contribution in [-0.4, -0.2) is 43.8 Å². The van der Waals surface area contributed by atoms with Gasteiger partial charge in [-0.05, 0) is 61.6 Å². The lowest BCUT2D eigenvalue weighted by atomic mass is 9.96. The van der Waals surface area contributed by atoms with Gasteiger partial charge in [-0.3, -0.25) is 9.48 Å². The van der Waals surface area contributed by atoms with Crippen LogP contribution in [0, 0.1) is 6.92 Å². The number of hydrogen-bond donors (Lipinski definition) is 0. The average molecular weight is 444 g/mol. The van der Waals surface area contributed by atoms with E-state index in [9.17, 15) is 4.79 Å². The lowest BCUT2D eigenvalue weighted by molar-refractivity contribution is 0.0704. The summed E-state index contributed by atoms with van der Waals surface area (Å²) >= 11 is 0. The first-order chi connectivity index (χ1) is 15.9. The molecule has 0 bridgehead atoms. The third kappa shape index (κ3) is 4.03. The molecule has 0 N–H and O–H groups in total. The summed E-state index contributed by atoms with van der Waals surface area (Å²) in [4.78, 5) is 19.5. The quantitative estimate of drug-likeness (QED) is 0.440. The molecule has 33 heavy (non-hydrogen) atoms. The van der Waals surface area contributed by atoms with E-state index in [-0.39, 0.29) is 11.8 Å². The van der Waals surface area contributed by atoms with Crippen LogP contribution in [0.1, 0.15) is 66.0 Å². The summed E-state index contributed by atoms with van der Waals surface area (Å²) in [5.74, 6) is 1.97. The van der Waals surface area contributed by atoms with Crippen molar-refractivity contribution in [2.24, 2.45) is 7.05 Å². The molecule has 0 unspecified atom stereocenters. The highest BCUT2D eigenvalue weighted by atomic mass is 16.5. The van der Waals surface area contributed by atoms with Crippen LogP contribution in [0.5, 0.6) is 0 Å². The Hall–Kier alpha value is -3.48. The summed E-state index contributed by atoms with van der Waals surface area (Å²) in [5.41, 5.74) is 4.98. The topological polar surface area (TPSA) is 77.1 Å². The average Bonchev–Trinajstić information content (AvgIpc) is 3.44. The Morgan fingerprint density at radius 3 is 2.52 bits per heavy atom. The van der Waals surface area contributed by atoms with Crippen molar-refractivity contribution in [3.63, 3.8) is 0 Å². The Bertz CT molecular complexity index is 1290. The van der Waals surface area contributed by atoms with Crippen molar-refractivity contribution in [1.82, 2.24) is 24.8 Å². The van der Waals surface area contributed by atoms with E-state index in [1.165, 1.54) is 5.56 Å². The molecule has 0 radical (unpaired) electrons. The lowest BCUT2D eigenvalue weighted by Crippen LogP contribution is -2.38. The van der Waals surface area contributed by atoms with Gasteiger partial charge in [0.2, 0.25) is 11.7 Å². The van der Waals surface area contributed by atoms with Crippen molar-refractivity contribution < 1.29 is 9.32 Å². The molecule has 1 aliphatic rings. The van der Waals surface area contributed by atoms with Gasteiger partial charge in [-0.2, -0.15) is 10.1 Å². The van der Waals surface area contributed by atoms with Gasteiger partial charge in [-0.25, -0.2) is 0 Å². The number of aryl methyl sites for hydroxylation is 2. The fourth-order valence-electron chi connectivity index (χ4n) is 4.50. The second kappa shape index (κ2) is 8.46. The second-order valence-electron chi connectivity index (χ2n) is 9.24. The van der Waals surface area contributed by atoms with Crippen LogP contribution in [0.2, 0.25) is 0 Å². The number of rotatable bonds is 4. The van der Waals surface area contributed by atoms with Gasteiger partial charge in [0.25, 0.3) is 5.91 Å². The van der Waals surface area contributed by atoms with E-state index in [0.717, 1.165) is 40.6 Å². The smallest absolute Gasteiger partial charge is 0.253 e. The highest BCUT2D eigenvalue weighted by Crippen LogP contribution is 2.30. The molecule has 170 valence electrons. The second-order valence-corrected chi connectivity index (χ2v) is 9.24. The Labute approximate surface area is 193 Å². The number of carbonyl (C=O) groups excluding carboxylic acids is 1.